The molecule has 0 aliphatic carbocycles. The van der Waals surface area contributed by atoms with Gasteiger partial charge in [0.1, 0.15) is 11.4 Å². The first-order valence-electron chi connectivity index (χ1n) is 5.08. The third kappa shape index (κ3) is 2.78. The van der Waals surface area contributed by atoms with Crippen LogP contribution in [0.1, 0.15) is 15.9 Å². The summed E-state index contributed by atoms with van der Waals surface area (Å²) < 4.78 is 0.581. The van der Waals surface area contributed by atoms with Crippen molar-refractivity contribution in [3.05, 3.63) is 59.2 Å². The van der Waals surface area contributed by atoms with Crippen LogP contribution in [0.15, 0.2) is 42.9 Å². The van der Waals surface area contributed by atoms with Gasteiger partial charge in [-0.15, -0.1) is 0 Å². The van der Waals surface area contributed by atoms with Gasteiger partial charge < -0.3 is 10.5 Å². The Morgan fingerprint density at radius 2 is 2.24 bits per heavy atom. The van der Waals surface area contributed by atoms with Gasteiger partial charge in [0.2, 0.25) is 0 Å². The minimum atomic E-state index is -0.355. The number of amides is 1. The molecule has 0 unspecified atom stereocenters. The lowest BCUT2D eigenvalue weighted by molar-refractivity contribution is -0.605. The van der Waals surface area contributed by atoms with Crippen LogP contribution in [0.5, 0.6) is 0 Å². The fourth-order valence-corrected chi connectivity index (χ4v) is 1.32. The van der Waals surface area contributed by atoms with Crippen molar-refractivity contribution < 1.29 is 9.52 Å². The van der Waals surface area contributed by atoms with E-state index in [4.69, 9.17) is 0 Å². The number of carbonyl (C=O) groups is 1. The number of pyridine rings is 2. The van der Waals surface area contributed by atoms with Crippen molar-refractivity contribution >= 4 is 11.7 Å². The standard InChI is InChI=1S/C12H11N3O2/c1-9-4-5-11(13-7-9)14-12(16)10-3-2-6-15(17)8-10/h2-8H,1H3,(H,13,14,16). The van der Waals surface area contributed by atoms with Gasteiger partial charge in [-0.2, -0.15) is 4.73 Å². The molecule has 2 aromatic heterocycles. The molecule has 0 saturated heterocycles. The van der Waals surface area contributed by atoms with Crippen LogP contribution < -0.4 is 10.0 Å². The van der Waals surface area contributed by atoms with Crippen LogP contribution in [-0.4, -0.2) is 10.9 Å². The summed E-state index contributed by atoms with van der Waals surface area (Å²) in [5.74, 6) is 0.105. The average molecular weight is 229 g/mol. The number of nitrogens with one attached hydrogen (secondary N) is 1. The Hall–Kier alpha value is -2.43. The van der Waals surface area contributed by atoms with E-state index in [1.54, 1.807) is 18.3 Å². The molecule has 0 fully saturated rings. The smallest absolute Gasteiger partial charge is 0.262 e. The van der Waals surface area contributed by atoms with Gasteiger partial charge >= 0.3 is 0 Å². The fourth-order valence-electron chi connectivity index (χ4n) is 1.32. The molecule has 1 amide bonds. The van der Waals surface area contributed by atoms with E-state index in [9.17, 15) is 10.0 Å². The van der Waals surface area contributed by atoms with Gasteiger partial charge in [-0.05, 0) is 24.6 Å². The topological polar surface area (TPSA) is 68.9 Å². The molecule has 86 valence electrons. The zero-order valence-electron chi connectivity index (χ0n) is 9.25. The Kier molecular flexibility index (Phi) is 3.00. The van der Waals surface area contributed by atoms with Gasteiger partial charge in [0.25, 0.3) is 5.91 Å². The number of anilines is 1. The zero-order chi connectivity index (χ0) is 12.3. The molecular formula is C12H11N3O2. The molecule has 2 heterocycles. The summed E-state index contributed by atoms with van der Waals surface area (Å²) in [7, 11) is 0. The zero-order valence-corrected chi connectivity index (χ0v) is 9.25. The van der Waals surface area contributed by atoms with Gasteiger partial charge in [0, 0.05) is 12.3 Å². The highest BCUT2D eigenvalue weighted by molar-refractivity contribution is 6.03. The second-order valence-corrected chi connectivity index (χ2v) is 3.63. The van der Waals surface area contributed by atoms with Crippen molar-refractivity contribution in [3.63, 3.8) is 0 Å². The maximum atomic E-state index is 11.7. The van der Waals surface area contributed by atoms with E-state index in [0.717, 1.165) is 5.56 Å². The normalized spacial score (nSPS) is 9.94. The molecule has 0 radical (unpaired) electrons. The lowest BCUT2D eigenvalue weighted by Gasteiger charge is -2.04. The maximum absolute atomic E-state index is 11.7. The number of carbonyl (C=O) groups excluding carboxylic acids is 1. The Morgan fingerprint density at radius 1 is 1.41 bits per heavy atom. The highest BCUT2D eigenvalue weighted by Gasteiger charge is 2.09. The molecule has 0 spiro atoms. The first kappa shape index (κ1) is 11.1. The first-order chi connectivity index (χ1) is 8.15. The van der Waals surface area contributed by atoms with Crippen molar-refractivity contribution in [1.82, 2.24) is 4.98 Å². The molecule has 2 rings (SSSR count). The quantitative estimate of drug-likeness (QED) is 0.623. The molecule has 0 saturated carbocycles. The molecule has 1 N–H and O–H groups in total. The third-order valence-corrected chi connectivity index (χ3v) is 2.19. The molecule has 2 aromatic rings. The van der Waals surface area contributed by atoms with Crippen molar-refractivity contribution in [2.75, 3.05) is 5.32 Å². The maximum Gasteiger partial charge on any atom is 0.262 e. The minimum Gasteiger partial charge on any atom is -0.619 e. The summed E-state index contributed by atoms with van der Waals surface area (Å²) in [4.78, 5) is 15.8. The molecular weight excluding hydrogens is 218 g/mol. The fraction of sp³-hybridized carbons (Fsp3) is 0.0833. The highest BCUT2D eigenvalue weighted by Crippen LogP contribution is 2.06. The van der Waals surface area contributed by atoms with E-state index in [0.29, 0.717) is 16.1 Å². The highest BCUT2D eigenvalue weighted by atomic mass is 16.5. The van der Waals surface area contributed by atoms with E-state index >= 15 is 0 Å². The van der Waals surface area contributed by atoms with E-state index in [1.165, 1.54) is 18.5 Å². The Morgan fingerprint density at radius 3 is 2.88 bits per heavy atom. The monoisotopic (exact) mass is 229 g/mol. The summed E-state index contributed by atoms with van der Waals surface area (Å²) in [5, 5.41) is 13.6. The lowest BCUT2D eigenvalue weighted by atomic mass is 10.2. The van der Waals surface area contributed by atoms with Crippen LogP contribution >= 0.6 is 0 Å². The summed E-state index contributed by atoms with van der Waals surface area (Å²) in [6, 6.07) is 6.64. The molecule has 17 heavy (non-hydrogen) atoms. The first-order valence-corrected chi connectivity index (χ1v) is 5.08. The third-order valence-electron chi connectivity index (χ3n) is 2.19. The predicted octanol–water partition coefficient (Wildman–Crippen LogP) is 1.28. The largest absolute Gasteiger partial charge is 0.619 e. The van der Waals surface area contributed by atoms with Crippen LogP contribution in [-0.2, 0) is 0 Å². The number of aryl methyl sites for hydroxylation is 1. The SMILES string of the molecule is Cc1ccc(NC(=O)c2ccc[n+]([O-])c2)nc1. The van der Waals surface area contributed by atoms with Gasteiger partial charge in [0.05, 0.1) is 0 Å². The summed E-state index contributed by atoms with van der Waals surface area (Å²) in [6.45, 7) is 1.91. The van der Waals surface area contributed by atoms with Crippen molar-refractivity contribution in [2.24, 2.45) is 0 Å². The Bertz CT molecular complexity index is 538. The Labute approximate surface area is 98.3 Å². The molecule has 0 atom stereocenters. The number of hydrogen-bond acceptors (Lipinski definition) is 3. The molecule has 0 aromatic carbocycles. The molecule has 0 aliphatic rings. The van der Waals surface area contributed by atoms with E-state index in [2.05, 4.69) is 10.3 Å². The number of nitrogens with zero attached hydrogens (tertiary/aromatic N) is 2. The van der Waals surface area contributed by atoms with Crippen LogP contribution in [0.2, 0.25) is 0 Å². The van der Waals surface area contributed by atoms with Crippen LogP contribution in [0, 0.1) is 12.1 Å². The minimum absolute atomic E-state index is 0.296. The molecule has 5 nitrogen and oxygen atoms in total. The van der Waals surface area contributed by atoms with Gasteiger partial charge in [-0.25, -0.2) is 4.98 Å². The number of aromatic nitrogens is 2. The molecule has 5 heteroatoms. The summed E-state index contributed by atoms with van der Waals surface area (Å²) in [5.41, 5.74) is 1.31. The number of hydrogen-bond donors (Lipinski definition) is 1. The second-order valence-electron chi connectivity index (χ2n) is 3.63. The Balaban J connectivity index is 2.14. The average Bonchev–Trinajstić information content (AvgIpc) is 2.32. The van der Waals surface area contributed by atoms with Crippen LogP contribution in [0.3, 0.4) is 0 Å². The summed E-state index contributed by atoms with van der Waals surface area (Å²) >= 11 is 0. The van der Waals surface area contributed by atoms with E-state index in [1.807, 2.05) is 13.0 Å². The lowest BCUT2D eigenvalue weighted by Crippen LogP contribution is -2.27. The van der Waals surface area contributed by atoms with Crippen LogP contribution in [0.4, 0.5) is 5.82 Å². The summed E-state index contributed by atoms with van der Waals surface area (Å²) in [6.07, 6.45) is 4.19. The number of rotatable bonds is 2. The van der Waals surface area contributed by atoms with Crippen LogP contribution in [0.25, 0.3) is 0 Å². The van der Waals surface area contributed by atoms with E-state index < -0.39 is 0 Å². The van der Waals surface area contributed by atoms with Crippen molar-refractivity contribution in [2.45, 2.75) is 6.92 Å². The molecule has 0 aliphatic heterocycles. The van der Waals surface area contributed by atoms with Gasteiger partial charge in [-0.1, -0.05) is 6.07 Å². The van der Waals surface area contributed by atoms with Crippen molar-refractivity contribution in [3.8, 4) is 0 Å². The van der Waals surface area contributed by atoms with Gasteiger partial charge in [0.15, 0.2) is 12.4 Å². The van der Waals surface area contributed by atoms with E-state index in [-0.39, 0.29) is 5.91 Å². The van der Waals surface area contributed by atoms with Crippen molar-refractivity contribution in [1.29, 1.82) is 0 Å². The molecule has 0 bridgehead atoms. The predicted molar refractivity (Wildman–Crippen MR) is 62.3 cm³/mol. The second kappa shape index (κ2) is 4.61. The van der Waals surface area contributed by atoms with Gasteiger partial charge in [-0.3, -0.25) is 4.79 Å².